The maximum absolute atomic E-state index is 14.0. The molecule has 0 heterocycles. The van der Waals surface area contributed by atoms with Gasteiger partial charge in [-0.1, -0.05) is 149 Å². The van der Waals surface area contributed by atoms with Crippen LogP contribution in [-0.2, 0) is 49.9 Å². The van der Waals surface area contributed by atoms with Gasteiger partial charge in [0, 0.05) is 6.04 Å². The second-order valence-electron chi connectivity index (χ2n) is 14.8. The summed E-state index contributed by atoms with van der Waals surface area (Å²) in [5.41, 5.74) is 2.86. The number of carboxylic acids is 1. The molecule has 0 aliphatic heterocycles. The van der Waals surface area contributed by atoms with Crippen molar-refractivity contribution in [3.05, 3.63) is 144 Å². The van der Waals surface area contributed by atoms with Crippen LogP contribution in [0.2, 0.25) is 0 Å². The zero-order chi connectivity index (χ0) is 42.0. The van der Waals surface area contributed by atoms with Gasteiger partial charge in [0.1, 0.15) is 31.2 Å². The Morgan fingerprint density at radius 2 is 0.828 bits per heavy atom. The fourth-order valence-electron chi connectivity index (χ4n) is 6.47. The minimum Gasteiger partial charge on any atom is -0.481 e. The lowest BCUT2D eigenvalue weighted by atomic mass is 9.83. The van der Waals surface area contributed by atoms with E-state index in [0.29, 0.717) is 11.1 Å². The molecule has 0 saturated heterocycles. The van der Waals surface area contributed by atoms with Crippen molar-refractivity contribution in [2.45, 2.75) is 84.0 Å². The van der Waals surface area contributed by atoms with E-state index in [0.717, 1.165) is 11.1 Å². The average Bonchev–Trinajstić information content (AvgIpc) is 3.21. The molecule has 0 aliphatic rings. The summed E-state index contributed by atoms with van der Waals surface area (Å²) in [7, 11) is 0. The number of ether oxygens (including phenoxy) is 2. The molecule has 0 saturated carbocycles. The summed E-state index contributed by atoms with van der Waals surface area (Å²) >= 11 is 0. The summed E-state index contributed by atoms with van der Waals surface area (Å²) in [5, 5.41) is 33.8. The Kier molecular flexibility index (Phi) is 17.3. The highest BCUT2D eigenvalue weighted by atomic mass is 16.6. The quantitative estimate of drug-likeness (QED) is 0.0680. The normalized spacial score (nSPS) is 14.2. The van der Waals surface area contributed by atoms with Crippen molar-refractivity contribution in [3.8, 4) is 0 Å². The lowest BCUT2D eigenvalue weighted by Crippen LogP contribution is -2.61. The largest absolute Gasteiger partial charge is 0.481 e. The maximum atomic E-state index is 14.0. The van der Waals surface area contributed by atoms with Crippen LogP contribution >= 0.6 is 0 Å². The van der Waals surface area contributed by atoms with E-state index in [1.54, 1.807) is 125 Å². The van der Waals surface area contributed by atoms with Gasteiger partial charge in [-0.25, -0.2) is 9.59 Å². The zero-order valence-electron chi connectivity index (χ0n) is 33.2. The van der Waals surface area contributed by atoms with E-state index in [1.807, 2.05) is 24.3 Å². The Morgan fingerprint density at radius 1 is 0.500 bits per heavy atom. The molecule has 0 fully saturated rings. The van der Waals surface area contributed by atoms with E-state index in [9.17, 15) is 34.2 Å². The highest BCUT2D eigenvalue weighted by Gasteiger charge is 2.42. The summed E-state index contributed by atoms with van der Waals surface area (Å²) < 4.78 is 10.7. The molecule has 4 rings (SSSR count). The number of hydrogen-bond acceptors (Lipinski definition) is 8. The van der Waals surface area contributed by atoms with Crippen molar-refractivity contribution < 1.29 is 43.7 Å². The number of rotatable bonds is 20. The number of carbonyl (C=O) groups excluding carboxylic acids is 4. The zero-order valence-corrected chi connectivity index (χ0v) is 33.2. The number of carbonyl (C=O) groups is 5. The van der Waals surface area contributed by atoms with Crippen molar-refractivity contribution >= 4 is 30.0 Å². The minimum absolute atomic E-state index is 0.0101. The number of aliphatic hydroxyl groups excluding tert-OH is 1. The van der Waals surface area contributed by atoms with Crippen LogP contribution in [0.1, 0.15) is 49.9 Å². The van der Waals surface area contributed by atoms with Crippen molar-refractivity contribution in [1.82, 2.24) is 21.3 Å². The molecule has 0 spiro atoms. The Hall–Kier alpha value is -6.21. The summed E-state index contributed by atoms with van der Waals surface area (Å²) in [6.07, 6.45) is -3.44. The van der Waals surface area contributed by atoms with Crippen LogP contribution in [0.3, 0.4) is 0 Å². The molecule has 4 aromatic rings. The van der Waals surface area contributed by atoms with Crippen molar-refractivity contribution in [2.75, 3.05) is 0 Å². The van der Waals surface area contributed by atoms with Gasteiger partial charge in [-0.2, -0.15) is 0 Å². The second kappa shape index (κ2) is 22.5. The molecule has 0 bridgehead atoms. The summed E-state index contributed by atoms with van der Waals surface area (Å²) in [5.74, 6) is -5.33. The number of benzene rings is 4. The van der Waals surface area contributed by atoms with E-state index in [2.05, 4.69) is 21.3 Å². The van der Waals surface area contributed by atoms with Crippen LogP contribution < -0.4 is 21.3 Å². The third-order valence-corrected chi connectivity index (χ3v) is 9.62. The van der Waals surface area contributed by atoms with E-state index < -0.39 is 78.0 Å². The number of aliphatic hydroxyl groups is 1. The maximum Gasteiger partial charge on any atom is 0.408 e. The molecule has 6 atom stereocenters. The third kappa shape index (κ3) is 14.1. The molecule has 4 amide bonds. The predicted octanol–water partition coefficient (Wildman–Crippen LogP) is 5.41. The molecule has 0 radical (unpaired) electrons. The summed E-state index contributed by atoms with van der Waals surface area (Å²) in [4.78, 5) is 67.0. The number of aliphatic carboxylic acids is 1. The van der Waals surface area contributed by atoms with Gasteiger partial charge in [-0.15, -0.1) is 0 Å². The molecule has 58 heavy (non-hydrogen) atoms. The highest BCUT2D eigenvalue weighted by molar-refractivity contribution is 5.87. The first-order valence-electron chi connectivity index (χ1n) is 19.4. The van der Waals surface area contributed by atoms with Gasteiger partial charge >= 0.3 is 18.2 Å². The lowest BCUT2D eigenvalue weighted by Gasteiger charge is -2.35. The number of amides is 4. The fourth-order valence-corrected chi connectivity index (χ4v) is 6.47. The van der Waals surface area contributed by atoms with Crippen molar-refractivity contribution in [3.63, 3.8) is 0 Å². The lowest BCUT2D eigenvalue weighted by molar-refractivity contribution is -0.149. The summed E-state index contributed by atoms with van der Waals surface area (Å²) in [6, 6.07) is 31.2. The van der Waals surface area contributed by atoms with Crippen LogP contribution in [0.25, 0.3) is 0 Å². The molecule has 0 unspecified atom stereocenters. The number of alkyl carbamates (subject to hydrolysis) is 2. The van der Waals surface area contributed by atoms with Gasteiger partial charge in [0.05, 0.1) is 12.1 Å². The molecule has 0 aromatic heterocycles. The monoisotopic (exact) mass is 794 g/mol. The Morgan fingerprint density at radius 3 is 1.17 bits per heavy atom. The molecule has 4 aromatic carbocycles. The first-order chi connectivity index (χ1) is 27.8. The third-order valence-electron chi connectivity index (χ3n) is 9.62. The van der Waals surface area contributed by atoms with Crippen LogP contribution in [0.5, 0.6) is 0 Å². The first-order valence-corrected chi connectivity index (χ1v) is 19.4. The van der Waals surface area contributed by atoms with E-state index in [-0.39, 0.29) is 26.1 Å². The van der Waals surface area contributed by atoms with Gasteiger partial charge in [0.25, 0.3) is 0 Å². The van der Waals surface area contributed by atoms with Crippen molar-refractivity contribution in [2.24, 2.45) is 17.8 Å². The van der Waals surface area contributed by atoms with Crippen LogP contribution in [0, 0.1) is 17.8 Å². The number of carboxylic acid groups (broad SMARTS) is 1. The average molecular weight is 795 g/mol. The highest BCUT2D eigenvalue weighted by Crippen LogP contribution is 2.22. The van der Waals surface area contributed by atoms with Crippen LogP contribution in [-0.4, -0.2) is 70.5 Å². The Balaban J connectivity index is 1.59. The van der Waals surface area contributed by atoms with Gasteiger partial charge < -0.3 is 41.0 Å². The van der Waals surface area contributed by atoms with Gasteiger partial charge in [0.15, 0.2) is 0 Å². The van der Waals surface area contributed by atoms with Gasteiger partial charge in [-0.05, 0) is 46.9 Å². The number of hydrogen-bond donors (Lipinski definition) is 6. The van der Waals surface area contributed by atoms with Crippen LogP contribution in [0.15, 0.2) is 121 Å². The van der Waals surface area contributed by atoms with Crippen LogP contribution in [0.4, 0.5) is 9.59 Å². The second-order valence-corrected chi connectivity index (χ2v) is 14.8. The SMILES string of the molecule is CC(C)[C@H](NC(=O)OCc1ccccc1)C(=O)N[C@@H](Cc1ccccc1)[C@@H](O)[C@H](C(=O)O)[C@H](Cc1ccccc1)NC(=O)[C@@H](NC(=O)OCc1ccccc1)C(C)C. The summed E-state index contributed by atoms with van der Waals surface area (Å²) in [6.45, 7) is 6.85. The molecule has 0 aliphatic carbocycles. The van der Waals surface area contributed by atoms with E-state index in [1.165, 1.54) is 0 Å². The van der Waals surface area contributed by atoms with E-state index >= 15 is 0 Å². The topological polar surface area (TPSA) is 192 Å². The van der Waals surface area contributed by atoms with Gasteiger partial charge in [0.2, 0.25) is 11.8 Å². The molecule has 13 nitrogen and oxygen atoms in total. The molecular formula is C45H54N4O9. The molecule has 6 N–H and O–H groups in total. The molecule has 13 heteroatoms. The Bertz CT molecular complexity index is 1900. The predicted molar refractivity (Wildman–Crippen MR) is 218 cm³/mol. The first kappa shape index (κ1) is 44.5. The fraction of sp³-hybridized carbons (Fsp3) is 0.356. The number of nitrogens with one attached hydrogen (secondary N) is 4. The van der Waals surface area contributed by atoms with E-state index in [4.69, 9.17) is 9.47 Å². The standard InChI is InChI=1S/C45H54N4O9/c1-29(2)38(48-44(55)57-27-33-21-13-7-14-22-33)41(51)46-35(25-31-17-9-5-10-18-31)37(43(53)54)40(50)36(26-32-19-11-6-12-20-32)47-42(52)39(30(3)4)49-45(56)58-28-34-23-15-8-16-24-34/h5-24,29-30,35-40,50H,25-28H2,1-4H3,(H,46,51)(H,47,52)(H,48,55)(H,49,56)(H,53,54)/t35-,36-,37+,38-,39-,40+/m0/s1. The molecular weight excluding hydrogens is 741 g/mol. The minimum atomic E-state index is -1.77. The van der Waals surface area contributed by atoms with Gasteiger partial charge in [-0.3, -0.25) is 14.4 Å². The smallest absolute Gasteiger partial charge is 0.408 e. The molecule has 308 valence electrons. The Labute approximate surface area is 339 Å². The van der Waals surface area contributed by atoms with Crippen molar-refractivity contribution in [1.29, 1.82) is 0 Å².